The van der Waals surface area contributed by atoms with Crippen molar-refractivity contribution in [2.45, 2.75) is 13.5 Å². The quantitative estimate of drug-likeness (QED) is 0.919. The molecule has 1 fully saturated rings. The molecule has 3 nitrogen and oxygen atoms in total. The minimum absolute atomic E-state index is 0.633. The minimum Gasteiger partial charge on any atom is -0.370 e. The fourth-order valence-corrected chi connectivity index (χ4v) is 3.33. The fraction of sp³-hybridized carbons (Fsp3) is 0.538. The molecule has 1 aliphatic heterocycles. The van der Waals surface area contributed by atoms with E-state index in [1.807, 2.05) is 6.07 Å². The summed E-state index contributed by atoms with van der Waals surface area (Å²) >= 11 is 6.29. The highest BCUT2D eigenvalue weighted by atomic mass is 35.5. The van der Waals surface area contributed by atoms with Crippen LogP contribution in [-0.4, -0.2) is 35.3 Å². The number of halogens is 1. The first-order chi connectivity index (χ1) is 8.70. The molecule has 1 aromatic carbocycles. The van der Waals surface area contributed by atoms with Gasteiger partial charge in [0, 0.05) is 52.6 Å². The van der Waals surface area contributed by atoms with Crippen molar-refractivity contribution >= 4 is 28.1 Å². The maximum absolute atomic E-state index is 11.3. The Balaban J connectivity index is 2.06. The lowest BCUT2D eigenvalue weighted by atomic mass is 10.2. The molecule has 1 N–H and O–H groups in total. The lowest BCUT2D eigenvalue weighted by Crippen LogP contribution is -2.37. The van der Waals surface area contributed by atoms with E-state index in [1.165, 1.54) is 0 Å². The molecular formula is C13H19ClN2OS. The Hall–Kier alpha value is -0.580. The van der Waals surface area contributed by atoms with Crippen molar-refractivity contribution in [2.75, 3.05) is 36.0 Å². The highest BCUT2D eigenvalue weighted by Gasteiger charge is 2.16. The molecule has 0 radical (unpaired) electrons. The van der Waals surface area contributed by atoms with E-state index in [9.17, 15) is 4.21 Å². The first-order valence-electron chi connectivity index (χ1n) is 6.29. The zero-order valence-electron chi connectivity index (χ0n) is 10.6. The molecule has 0 amide bonds. The molecule has 0 bridgehead atoms. The van der Waals surface area contributed by atoms with Gasteiger partial charge in [0.25, 0.3) is 0 Å². The summed E-state index contributed by atoms with van der Waals surface area (Å²) in [7, 11) is -0.633. The first kappa shape index (κ1) is 13.8. The third-order valence-corrected chi connectivity index (χ3v) is 4.77. The van der Waals surface area contributed by atoms with Gasteiger partial charge in [-0.05, 0) is 24.2 Å². The SMILES string of the molecule is CCNCc1ccc(N2CCS(=O)CC2)cc1Cl. The van der Waals surface area contributed by atoms with Crippen LogP contribution in [0.15, 0.2) is 18.2 Å². The van der Waals surface area contributed by atoms with Crippen LogP contribution in [0.3, 0.4) is 0 Å². The largest absolute Gasteiger partial charge is 0.370 e. The van der Waals surface area contributed by atoms with E-state index in [0.29, 0.717) is 0 Å². The Morgan fingerprint density at radius 2 is 2.11 bits per heavy atom. The summed E-state index contributed by atoms with van der Waals surface area (Å²) < 4.78 is 11.3. The van der Waals surface area contributed by atoms with E-state index in [0.717, 1.165) is 54.0 Å². The van der Waals surface area contributed by atoms with Crippen LogP contribution >= 0.6 is 11.6 Å². The van der Waals surface area contributed by atoms with Crippen molar-refractivity contribution in [1.82, 2.24) is 5.32 Å². The van der Waals surface area contributed by atoms with Crippen LogP contribution in [0.1, 0.15) is 12.5 Å². The third-order valence-electron chi connectivity index (χ3n) is 3.14. The Morgan fingerprint density at radius 3 is 2.72 bits per heavy atom. The average Bonchev–Trinajstić information content (AvgIpc) is 2.38. The molecule has 100 valence electrons. The Labute approximate surface area is 116 Å². The van der Waals surface area contributed by atoms with E-state index < -0.39 is 10.8 Å². The summed E-state index contributed by atoms with van der Waals surface area (Å²) in [6.45, 7) is 5.54. The van der Waals surface area contributed by atoms with E-state index in [4.69, 9.17) is 11.6 Å². The number of rotatable bonds is 4. The first-order valence-corrected chi connectivity index (χ1v) is 8.16. The van der Waals surface area contributed by atoms with Crippen molar-refractivity contribution in [3.63, 3.8) is 0 Å². The Bertz CT molecular complexity index is 429. The van der Waals surface area contributed by atoms with Crippen molar-refractivity contribution in [2.24, 2.45) is 0 Å². The highest BCUT2D eigenvalue weighted by Crippen LogP contribution is 2.24. The van der Waals surface area contributed by atoms with Crippen LogP contribution < -0.4 is 10.2 Å². The van der Waals surface area contributed by atoms with Crippen LogP contribution in [0.5, 0.6) is 0 Å². The summed E-state index contributed by atoms with van der Waals surface area (Å²) in [4.78, 5) is 2.25. The lowest BCUT2D eigenvalue weighted by Gasteiger charge is -2.28. The lowest BCUT2D eigenvalue weighted by molar-refractivity contribution is 0.673. The van der Waals surface area contributed by atoms with Crippen molar-refractivity contribution in [1.29, 1.82) is 0 Å². The van der Waals surface area contributed by atoms with E-state index >= 15 is 0 Å². The average molecular weight is 287 g/mol. The molecule has 0 aromatic heterocycles. The molecule has 1 saturated heterocycles. The molecule has 18 heavy (non-hydrogen) atoms. The van der Waals surface area contributed by atoms with Gasteiger partial charge in [0.2, 0.25) is 0 Å². The molecule has 1 aromatic rings. The Kier molecular flexibility index (Phi) is 5.03. The van der Waals surface area contributed by atoms with Crippen LogP contribution in [0, 0.1) is 0 Å². The predicted molar refractivity (Wildman–Crippen MR) is 78.9 cm³/mol. The topological polar surface area (TPSA) is 32.3 Å². The van der Waals surface area contributed by atoms with Gasteiger partial charge in [-0.1, -0.05) is 24.6 Å². The van der Waals surface area contributed by atoms with E-state index in [2.05, 4.69) is 29.3 Å². The molecule has 0 unspecified atom stereocenters. The number of hydrogen-bond acceptors (Lipinski definition) is 3. The smallest absolute Gasteiger partial charge is 0.0471 e. The standard InChI is InChI=1S/C13H19ClN2OS/c1-2-15-10-11-3-4-12(9-13(11)14)16-5-7-18(17)8-6-16/h3-4,9,15H,2,5-8,10H2,1H3. The predicted octanol–water partition coefficient (Wildman–Crippen LogP) is 2.02. The van der Waals surface area contributed by atoms with Gasteiger partial charge in [-0.25, -0.2) is 0 Å². The Morgan fingerprint density at radius 1 is 1.39 bits per heavy atom. The normalized spacial score (nSPS) is 17.1. The van der Waals surface area contributed by atoms with Gasteiger partial charge in [-0.15, -0.1) is 0 Å². The van der Waals surface area contributed by atoms with Gasteiger partial charge in [0.15, 0.2) is 0 Å². The van der Waals surface area contributed by atoms with Crippen LogP contribution in [0.25, 0.3) is 0 Å². The maximum Gasteiger partial charge on any atom is 0.0471 e. The van der Waals surface area contributed by atoms with Crippen LogP contribution in [-0.2, 0) is 17.3 Å². The summed E-state index contributed by atoms with van der Waals surface area (Å²) in [6.07, 6.45) is 0. The number of anilines is 1. The highest BCUT2D eigenvalue weighted by molar-refractivity contribution is 7.85. The summed E-state index contributed by atoms with van der Waals surface area (Å²) in [6, 6.07) is 6.20. The maximum atomic E-state index is 11.3. The summed E-state index contributed by atoms with van der Waals surface area (Å²) in [5.41, 5.74) is 2.26. The van der Waals surface area contributed by atoms with Gasteiger partial charge < -0.3 is 10.2 Å². The van der Waals surface area contributed by atoms with Crippen LogP contribution in [0.2, 0.25) is 5.02 Å². The molecule has 0 aliphatic carbocycles. The molecule has 0 saturated carbocycles. The van der Waals surface area contributed by atoms with E-state index in [1.54, 1.807) is 0 Å². The van der Waals surface area contributed by atoms with Gasteiger partial charge in [-0.2, -0.15) is 0 Å². The second-order valence-corrected chi connectivity index (χ2v) is 6.49. The number of benzene rings is 1. The number of hydrogen-bond donors (Lipinski definition) is 1. The molecule has 0 spiro atoms. The van der Waals surface area contributed by atoms with Gasteiger partial charge in [0.1, 0.15) is 0 Å². The van der Waals surface area contributed by atoms with Gasteiger partial charge in [-0.3, -0.25) is 4.21 Å². The molecule has 1 heterocycles. The fourth-order valence-electron chi connectivity index (χ4n) is 2.03. The second-order valence-electron chi connectivity index (χ2n) is 4.39. The zero-order valence-corrected chi connectivity index (χ0v) is 12.2. The van der Waals surface area contributed by atoms with Crippen molar-refractivity contribution in [3.8, 4) is 0 Å². The number of nitrogens with one attached hydrogen (secondary N) is 1. The van der Waals surface area contributed by atoms with E-state index in [-0.39, 0.29) is 0 Å². The minimum atomic E-state index is -0.633. The van der Waals surface area contributed by atoms with Gasteiger partial charge >= 0.3 is 0 Å². The second kappa shape index (κ2) is 6.55. The molecule has 1 aliphatic rings. The molecule has 2 rings (SSSR count). The third kappa shape index (κ3) is 3.46. The number of nitrogens with zero attached hydrogens (tertiary/aromatic N) is 1. The van der Waals surface area contributed by atoms with Crippen LogP contribution in [0.4, 0.5) is 5.69 Å². The van der Waals surface area contributed by atoms with Crippen molar-refractivity contribution < 1.29 is 4.21 Å². The summed E-state index contributed by atoms with van der Waals surface area (Å²) in [5.74, 6) is 1.52. The molecule has 5 heteroatoms. The summed E-state index contributed by atoms with van der Waals surface area (Å²) in [5, 5.41) is 4.08. The van der Waals surface area contributed by atoms with Gasteiger partial charge in [0.05, 0.1) is 0 Å². The molecule has 0 atom stereocenters. The van der Waals surface area contributed by atoms with Crippen molar-refractivity contribution in [3.05, 3.63) is 28.8 Å². The zero-order chi connectivity index (χ0) is 13.0. The molecular weight excluding hydrogens is 268 g/mol. The monoisotopic (exact) mass is 286 g/mol.